The van der Waals surface area contributed by atoms with Crippen LogP contribution in [0.1, 0.15) is 30.8 Å². The van der Waals surface area contributed by atoms with Crippen LogP contribution in [0.15, 0.2) is 97.1 Å². The Bertz CT molecular complexity index is 1760. The van der Waals surface area contributed by atoms with Crippen molar-refractivity contribution in [2.75, 3.05) is 20.3 Å². The predicted molar refractivity (Wildman–Crippen MR) is 174 cm³/mol. The van der Waals surface area contributed by atoms with Crippen molar-refractivity contribution >= 4 is 13.7 Å². The zero-order valence-corrected chi connectivity index (χ0v) is 26.7. The molecule has 0 aliphatic heterocycles. The van der Waals surface area contributed by atoms with Crippen molar-refractivity contribution in [3.05, 3.63) is 114 Å². The van der Waals surface area contributed by atoms with Crippen LogP contribution < -0.4 is 14.2 Å². The lowest BCUT2D eigenvalue weighted by Crippen LogP contribution is -2.04. The van der Waals surface area contributed by atoms with Gasteiger partial charge in [0.2, 0.25) is 5.88 Å². The molecule has 5 rings (SSSR count). The molecule has 0 saturated heterocycles. The lowest BCUT2D eigenvalue weighted by molar-refractivity contribution is 0.229. The first-order valence-corrected chi connectivity index (χ1v) is 16.3. The van der Waals surface area contributed by atoms with Crippen LogP contribution in [-0.4, -0.2) is 39.7 Å². The molecule has 45 heavy (non-hydrogen) atoms. The normalized spacial score (nSPS) is 11.6. The molecule has 0 aliphatic rings. The second-order valence-electron chi connectivity index (χ2n) is 9.94. The van der Waals surface area contributed by atoms with Crippen molar-refractivity contribution in [1.29, 1.82) is 0 Å². The molecule has 0 radical (unpaired) electrons. The van der Waals surface area contributed by atoms with Crippen molar-refractivity contribution in [3.63, 3.8) is 0 Å². The SMILES string of the molecule is CCOP(=O)(/C=C/c1cn(-c2ccccc2)nc1OCc1ccc(OCc2nc(-c3ccccc3)cn2C)c(OC)c1)OCC. The summed E-state index contributed by atoms with van der Waals surface area (Å²) in [6.45, 7) is 4.53. The van der Waals surface area contributed by atoms with Gasteiger partial charge in [0, 0.05) is 30.8 Å². The molecule has 3 aromatic carbocycles. The van der Waals surface area contributed by atoms with Gasteiger partial charge in [0.1, 0.15) is 19.0 Å². The third-order valence-corrected chi connectivity index (χ3v) is 8.54. The molecule has 0 spiro atoms. The van der Waals surface area contributed by atoms with E-state index in [1.54, 1.807) is 31.7 Å². The first kappa shape index (κ1) is 31.8. The second-order valence-corrected chi connectivity index (χ2v) is 11.8. The Hall–Kier alpha value is -4.63. The molecule has 2 heterocycles. The van der Waals surface area contributed by atoms with Crippen molar-refractivity contribution < 1.29 is 27.8 Å². The average Bonchev–Trinajstić information content (AvgIpc) is 3.66. The van der Waals surface area contributed by atoms with Gasteiger partial charge in [-0.1, -0.05) is 54.6 Å². The molecule has 2 aromatic heterocycles. The summed E-state index contributed by atoms with van der Waals surface area (Å²) in [6, 6.07) is 25.3. The minimum atomic E-state index is -3.42. The van der Waals surface area contributed by atoms with E-state index in [4.69, 9.17) is 28.2 Å². The zero-order chi connectivity index (χ0) is 31.6. The van der Waals surface area contributed by atoms with Crippen molar-refractivity contribution in [3.8, 4) is 34.3 Å². The molecule has 0 aliphatic carbocycles. The minimum absolute atomic E-state index is 0.206. The molecule has 0 unspecified atom stereocenters. The summed E-state index contributed by atoms with van der Waals surface area (Å²) in [5, 5.41) is 4.65. The minimum Gasteiger partial charge on any atom is -0.493 e. The van der Waals surface area contributed by atoms with Crippen molar-refractivity contribution in [1.82, 2.24) is 19.3 Å². The number of hydrogen-bond acceptors (Lipinski definition) is 8. The van der Waals surface area contributed by atoms with Crippen LogP contribution in [0.2, 0.25) is 0 Å². The first-order valence-electron chi connectivity index (χ1n) is 14.6. The van der Waals surface area contributed by atoms with Gasteiger partial charge in [-0.15, -0.1) is 5.10 Å². The summed E-state index contributed by atoms with van der Waals surface area (Å²) in [5.41, 5.74) is 4.26. The Morgan fingerprint density at radius 2 is 1.56 bits per heavy atom. The molecule has 0 fully saturated rings. The lowest BCUT2D eigenvalue weighted by atomic mass is 10.2. The van der Waals surface area contributed by atoms with Gasteiger partial charge in [-0.25, -0.2) is 9.67 Å². The van der Waals surface area contributed by atoms with E-state index in [1.165, 1.54) is 5.82 Å². The number of rotatable bonds is 15. The van der Waals surface area contributed by atoms with Gasteiger partial charge in [0.25, 0.3) is 0 Å². The first-order chi connectivity index (χ1) is 21.9. The van der Waals surface area contributed by atoms with Gasteiger partial charge in [0.15, 0.2) is 11.5 Å². The molecule has 10 nitrogen and oxygen atoms in total. The van der Waals surface area contributed by atoms with Crippen LogP contribution in [0, 0.1) is 0 Å². The predicted octanol–water partition coefficient (Wildman–Crippen LogP) is 7.68. The topological polar surface area (TPSA) is 98.9 Å². The molecule has 0 saturated carbocycles. The number of nitrogens with zero attached hydrogens (tertiary/aromatic N) is 4. The third-order valence-electron chi connectivity index (χ3n) is 6.78. The summed E-state index contributed by atoms with van der Waals surface area (Å²) in [4.78, 5) is 4.74. The molecule has 0 atom stereocenters. The smallest absolute Gasteiger partial charge is 0.354 e. The van der Waals surface area contributed by atoms with E-state index in [1.807, 2.05) is 103 Å². The van der Waals surface area contributed by atoms with Crippen LogP contribution in [0.5, 0.6) is 17.4 Å². The largest absolute Gasteiger partial charge is 0.493 e. The molecule has 5 aromatic rings. The highest BCUT2D eigenvalue weighted by molar-refractivity contribution is 7.57. The molecular formula is C34H37N4O6P. The number of aryl methyl sites for hydroxylation is 1. The van der Waals surface area contributed by atoms with Crippen molar-refractivity contribution in [2.24, 2.45) is 7.05 Å². The quantitative estimate of drug-likeness (QED) is 0.109. The highest BCUT2D eigenvalue weighted by atomic mass is 31.2. The number of ether oxygens (including phenoxy) is 3. The van der Waals surface area contributed by atoms with Gasteiger partial charge < -0.3 is 27.8 Å². The molecule has 0 N–H and O–H groups in total. The third kappa shape index (κ3) is 8.10. The fourth-order valence-corrected chi connectivity index (χ4v) is 5.88. The number of benzene rings is 3. The van der Waals surface area contributed by atoms with E-state index in [2.05, 4.69) is 5.10 Å². The van der Waals surface area contributed by atoms with Crippen LogP contribution in [0.25, 0.3) is 23.0 Å². The van der Waals surface area contributed by atoms with E-state index in [9.17, 15) is 4.57 Å². The Morgan fingerprint density at radius 1 is 0.844 bits per heavy atom. The fourth-order valence-electron chi connectivity index (χ4n) is 4.57. The Morgan fingerprint density at radius 3 is 2.24 bits per heavy atom. The molecule has 0 bridgehead atoms. The second kappa shape index (κ2) is 14.9. The summed E-state index contributed by atoms with van der Waals surface area (Å²) in [6.07, 6.45) is 5.45. The molecule has 234 valence electrons. The van der Waals surface area contributed by atoms with Gasteiger partial charge in [0.05, 0.1) is 37.3 Å². The maximum Gasteiger partial charge on any atom is 0.354 e. The lowest BCUT2D eigenvalue weighted by Gasteiger charge is -2.13. The summed E-state index contributed by atoms with van der Waals surface area (Å²) in [5.74, 6) is 3.75. The van der Waals surface area contributed by atoms with Crippen LogP contribution in [0.3, 0.4) is 0 Å². The maximum absolute atomic E-state index is 13.1. The molecular weight excluding hydrogens is 591 g/mol. The van der Waals surface area contributed by atoms with E-state index in [0.29, 0.717) is 22.9 Å². The van der Waals surface area contributed by atoms with E-state index < -0.39 is 7.60 Å². The van der Waals surface area contributed by atoms with Crippen LogP contribution in [0.4, 0.5) is 0 Å². The zero-order valence-electron chi connectivity index (χ0n) is 25.8. The van der Waals surface area contributed by atoms with Gasteiger partial charge in [-0.2, -0.15) is 0 Å². The highest BCUT2D eigenvalue weighted by Crippen LogP contribution is 2.50. The Kier molecular flexibility index (Phi) is 10.5. The summed E-state index contributed by atoms with van der Waals surface area (Å²) >= 11 is 0. The Balaban J connectivity index is 1.31. The van der Waals surface area contributed by atoms with E-state index >= 15 is 0 Å². The monoisotopic (exact) mass is 628 g/mol. The van der Waals surface area contributed by atoms with Crippen LogP contribution in [-0.2, 0) is 33.9 Å². The van der Waals surface area contributed by atoms with Crippen molar-refractivity contribution in [2.45, 2.75) is 27.1 Å². The number of aromatic nitrogens is 4. The fraction of sp³-hybridized carbons (Fsp3) is 0.235. The highest BCUT2D eigenvalue weighted by Gasteiger charge is 2.20. The van der Waals surface area contributed by atoms with E-state index in [-0.39, 0.29) is 26.4 Å². The molecule has 0 amide bonds. The van der Waals surface area contributed by atoms with Gasteiger partial charge >= 0.3 is 7.60 Å². The van der Waals surface area contributed by atoms with Gasteiger partial charge in [-0.05, 0) is 49.8 Å². The number of hydrogen-bond donors (Lipinski definition) is 0. The average molecular weight is 629 g/mol. The molecule has 11 heteroatoms. The van der Waals surface area contributed by atoms with E-state index in [0.717, 1.165) is 28.3 Å². The standard InChI is InChI=1S/C34H37N4O6P/c1-5-43-45(39,44-6-2)20-19-28-22-38(29-15-11-8-12-16-29)36-34(28)42-24-26-17-18-31(32(21-26)40-4)41-25-33-35-30(23-37(33)3)27-13-9-7-10-14-27/h7-23H,5-6,24-25H2,1-4H3/b20-19+. The van der Waals surface area contributed by atoms with Crippen LogP contribution >= 0.6 is 7.60 Å². The number of imidazole rings is 1. The maximum atomic E-state index is 13.1. The van der Waals surface area contributed by atoms with Gasteiger partial charge in [-0.3, -0.25) is 4.57 Å². The Labute approximate surface area is 263 Å². The number of para-hydroxylation sites is 1. The summed E-state index contributed by atoms with van der Waals surface area (Å²) in [7, 11) is 0.130. The summed E-state index contributed by atoms with van der Waals surface area (Å²) < 4.78 is 45.5. The number of methoxy groups -OCH3 is 1.